The van der Waals surface area contributed by atoms with Gasteiger partial charge in [0, 0.05) is 4.83 Å². The second kappa shape index (κ2) is 7.33. The van der Waals surface area contributed by atoms with Crippen LogP contribution in [0.15, 0.2) is 24.3 Å². The van der Waals surface area contributed by atoms with Gasteiger partial charge in [0.25, 0.3) is 0 Å². The van der Waals surface area contributed by atoms with Crippen molar-refractivity contribution in [2.75, 3.05) is 0 Å². The summed E-state index contributed by atoms with van der Waals surface area (Å²) < 4.78 is 0. The maximum Gasteiger partial charge on any atom is 0.0395 e. The van der Waals surface area contributed by atoms with E-state index in [2.05, 4.69) is 47.1 Å². The normalized spacial score (nSPS) is 18.8. The van der Waals surface area contributed by atoms with Gasteiger partial charge in [0.05, 0.1) is 0 Å². The summed E-state index contributed by atoms with van der Waals surface area (Å²) >= 11 is 3.86. The van der Waals surface area contributed by atoms with E-state index >= 15 is 0 Å². The fourth-order valence-electron chi connectivity index (χ4n) is 2.99. The molecule has 1 heteroatoms. The lowest BCUT2D eigenvalue weighted by Crippen LogP contribution is -2.07. The largest absolute Gasteiger partial charge is 0.0839 e. The van der Waals surface area contributed by atoms with Gasteiger partial charge < -0.3 is 0 Å². The summed E-state index contributed by atoms with van der Waals surface area (Å²) in [6, 6.07) is 9.12. The number of rotatable bonds is 5. The average molecular weight is 309 g/mol. The summed E-state index contributed by atoms with van der Waals surface area (Å²) in [5.41, 5.74) is 2.88. The Bertz CT molecular complexity index is 335. The third kappa shape index (κ3) is 4.12. The zero-order valence-corrected chi connectivity index (χ0v) is 13.1. The molecule has 0 N–H and O–H groups in total. The zero-order chi connectivity index (χ0) is 12.8. The van der Waals surface area contributed by atoms with Crippen LogP contribution in [0, 0.1) is 5.92 Å². The van der Waals surface area contributed by atoms with Crippen LogP contribution in [-0.2, 0) is 6.42 Å². The molecule has 0 radical (unpaired) electrons. The lowest BCUT2D eigenvalue weighted by atomic mass is 9.85. The first-order valence-corrected chi connectivity index (χ1v) is 8.44. The van der Waals surface area contributed by atoms with E-state index in [1.54, 1.807) is 0 Å². The number of hydrogen-bond donors (Lipinski definition) is 0. The standard InChI is InChI=1S/C17H25Br/c1-2-14-8-11-16(12-9-14)17(18)13-10-15-6-4-3-5-7-15/h8-9,11-12,15,17H,2-7,10,13H2,1H3. The number of hydrogen-bond acceptors (Lipinski definition) is 0. The monoisotopic (exact) mass is 308 g/mol. The predicted molar refractivity (Wildman–Crippen MR) is 83.3 cm³/mol. The smallest absolute Gasteiger partial charge is 0.0395 e. The molecule has 18 heavy (non-hydrogen) atoms. The van der Waals surface area contributed by atoms with Crippen molar-refractivity contribution in [3.63, 3.8) is 0 Å². The third-order valence-corrected chi connectivity index (χ3v) is 5.29. The Morgan fingerprint density at radius 1 is 1.11 bits per heavy atom. The molecule has 1 fully saturated rings. The molecule has 1 aromatic carbocycles. The van der Waals surface area contributed by atoms with Crippen molar-refractivity contribution in [2.45, 2.75) is 63.1 Å². The fraction of sp³-hybridized carbons (Fsp3) is 0.647. The first-order valence-electron chi connectivity index (χ1n) is 7.52. The van der Waals surface area contributed by atoms with Crippen molar-refractivity contribution in [1.29, 1.82) is 0 Å². The summed E-state index contributed by atoms with van der Waals surface area (Å²) in [6.45, 7) is 2.21. The average Bonchev–Trinajstić information content (AvgIpc) is 2.46. The molecule has 1 saturated carbocycles. The SMILES string of the molecule is CCc1ccc(C(Br)CCC2CCCCC2)cc1. The molecule has 0 saturated heterocycles. The molecule has 1 aromatic rings. The van der Waals surface area contributed by atoms with Gasteiger partial charge in [-0.2, -0.15) is 0 Å². The van der Waals surface area contributed by atoms with Gasteiger partial charge in [-0.25, -0.2) is 0 Å². The lowest BCUT2D eigenvalue weighted by Gasteiger charge is -2.22. The Hall–Kier alpha value is -0.300. The Morgan fingerprint density at radius 3 is 2.39 bits per heavy atom. The van der Waals surface area contributed by atoms with Crippen LogP contribution in [0.5, 0.6) is 0 Å². The molecule has 1 aliphatic rings. The lowest BCUT2D eigenvalue weighted by molar-refractivity contribution is 0.332. The highest BCUT2D eigenvalue weighted by Gasteiger charge is 2.15. The van der Waals surface area contributed by atoms with Gasteiger partial charge in [0.2, 0.25) is 0 Å². The number of aryl methyl sites for hydroxylation is 1. The molecule has 2 rings (SSSR count). The van der Waals surface area contributed by atoms with E-state index in [1.807, 2.05) is 0 Å². The van der Waals surface area contributed by atoms with E-state index in [9.17, 15) is 0 Å². The van der Waals surface area contributed by atoms with Crippen LogP contribution in [-0.4, -0.2) is 0 Å². The highest BCUT2D eigenvalue weighted by Crippen LogP contribution is 2.34. The molecule has 0 bridgehead atoms. The van der Waals surface area contributed by atoms with Crippen LogP contribution < -0.4 is 0 Å². The Balaban J connectivity index is 1.80. The first-order chi connectivity index (χ1) is 8.79. The van der Waals surface area contributed by atoms with Crippen molar-refractivity contribution in [3.05, 3.63) is 35.4 Å². The van der Waals surface area contributed by atoms with Gasteiger partial charge in [0.1, 0.15) is 0 Å². The van der Waals surface area contributed by atoms with Gasteiger partial charge in [-0.05, 0) is 36.3 Å². The molecule has 0 aliphatic heterocycles. The molecule has 1 unspecified atom stereocenters. The summed E-state index contributed by atoms with van der Waals surface area (Å²) in [6.07, 6.45) is 11.1. The summed E-state index contributed by atoms with van der Waals surface area (Å²) in [5, 5.41) is 0. The quantitative estimate of drug-likeness (QED) is 0.581. The summed E-state index contributed by atoms with van der Waals surface area (Å²) in [4.78, 5) is 0.547. The zero-order valence-electron chi connectivity index (χ0n) is 11.5. The van der Waals surface area contributed by atoms with Gasteiger partial charge >= 0.3 is 0 Å². The maximum atomic E-state index is 3.86. The van der Waals surface area contributed by atoms with Crippen LogP contribution >= 0.6 is 15.9 Å². The van der Waals surface area contributed by atoms with E-state index in [1.165, 1.54) is 56.1 Å². The molecule has 1 atom stereocenters. The molecule has 0 spiro atoms. The van der Waals surface area contributed by atoms with Crippen LogP contribution in [0.3, 0.4) is 0 Å². The van der Waals surface area contributed by atoms with Gasteiger partial charge in [-0.3, -0.25) is 0 Å². The van der Waals surface area contributed by atoms with E-state index in [-0.39, 0.29) is 0 Å². The number of benzene rings is 1. The Labute approximate surface area is 120 Å². The van der Waals surface area contributed by atoms with Gasteiger partial charge in [-0.1, -0.05) is 79.2 Å². The van der Waals surface area contributed by atoms with E-state index < -0.39 is 0 Å². The van der Waals surface area contributed by atoms with Gasteiger partial charge in [-0.15, -0.1) is 0 Å². The highest BCUT2D eigenvalue weighted by molar-refractivity contribution is 9.09. The minimum Gasteiger partial charge on any atom is -0.0839 e. The minimum atomic E-state index is 0.547. The highest BCUT2D eigenvalue weighted by atomic mass is 79.9. The number of alkyl halides is 1. The molecular formula is C17H25Br. The maximum absolute atomic E-state index is 3.86. The van der Waals surface area contributed by atoms with Gasteiger partial charge in [0.15, 0.2) is 0 Å². The molecule has 0 nitrogen and oxygen atoms in total. The second-order valence-corrected chi connectivity index (χ2v) is 6.75. The van der Waals surface area contributed by atoms with Crippen molar-refractivity contribution in [2.24, 2.45) is 5.92 Å². The van der Waals surface area contributed by atoms with Crippen molar-refractivity contribution >= 4 is 15.9 Å². The van der Waals surface area contributed by atoms with Crippen molar-refractivity contribution in [3.8, 4) is 0 Å². The Morgan fingerprint density at radius 2 is 1.78 bits per heavy atom. The third-order valence-electron chi connectivity index (χ3n) is 4.30. The van der Waals surface area contributed by atoms with Crippen LogP contribution in [0.1, 0.15) is 67.8 Å². The predicted octanol–water partition coefficient (Wildman–Crippen LogP) is 6.05. The topological polar surface area (TPSA) is 0 Å². The molecule has 0 aromatic heterocycles. The summed E-state index contributed by atoms with van der Waals surface area (Å²) in [7, 11) is 0. The second-order valence-electron chi connectivity index (χ2n) is 5.64. The van der Waals surface area contributed by atoms with E-state index in [0.29, 0.717) is 4.83 Å². The van der Waals surface area contributed by atoms with Crippen LogP contribution in [0.4, 0.5) is 0 Å². The molecule has 0 heterocycles. The Kier molecular flexibility index (Phi) is 5.75. The molecule has 1 aliphatic carbocycles. The fourth-order valence-corrected chi connectivity index (χ4v) is 3.56. The summed E-state index contributed by atoms with van der Waals surface area (Å²) in [5.74, 6) is 0.994. The number of halogens is 1. The molecule has 0 amide bonds. The van der Waals surface area contributed by atoms with E-state index in [4.69, 9.17) is 0 Å². The van der Waals surface area contributed by atoms with Crippen molar-refractivity contribution < 1.29 is 0 Å². The molecular weight excluding hydrogens is 284 g/mol. The first kappa shape index (κ1) is 14.1. The minimum absolute atomic E-state index is 0.547. The van der Waals surface area contributed by atoms with Crippen molar-refractivity contribution in [1.82, 2.24) is 0 Å². The van der Waals surface area contributed by atoms with E-state index in [0.717, 1.165) is 12.3 Å². The molecule has 100 valence electrons. The van der Waals surface area contributed by atoms with Crippen LogP contribution in [0.25, 0.3) is 0 Å². The van der Waals surface area contributed by atoms with Crippen LogP contribution in [0.2, 0.25) is 0 Å².